The second-order valence-corrected chi connectivity index (χ2v) is 3.56. The Morgan fingerprint density at radius 3 is 1.43 bits per heavy atom. The number of halogens is 2. The van der Waals surface area contributed by atoms with Crippen molar-refractivity contribution in [3.63, 3.8) is 0 Å². The maximum absolute atomic E-state index is 10.2. The first-order valence-corrected chi connectivity index (χ1v) is 5.28. The van der Waals surface area contributed by atoms with Crippen molar-refractivity contribution in [3.05, 3.63) is 34.3 Å². The largest absolute Gasteiger partial charge is 0.300 e. The molecule has 0 aliphatic rings. The molecule has 3 heteroatoms. The van der Waals surface area contributed by atoms with Crippen LogP contribution in [0.4, 0.5) is 0 Å². The van der Waals surface area contributed by atoms with E-state index in [1.807, 2.05) is 13.8 Å². The van der Waals surface area contributed by atoms with Crippen LogP contribution in [0.25, 0.3) is 0 Å². The number of benzene rings is 1. The van der Waals surface area contributed by atoms with Crippen molar-refractivity contribution >= 4 is 29.0 Å². The summed E-state index contributed by atoms with van der Waals surface area (Å²) in [6.45, 7) is 3.76. The Kier molecular flexibility index (Phi) is 7.54. The van der Waals surface area contributed by atoms with Gasteiger partial charge in [0.15, 0.2) is 0 Å². The van der Waals surface area contributed by atoms with Crippen molar-refractivity contribution in [3.8, 4) is 0 Å². The number of hydrogen-bond donors (Lipinski definition) is 0. The van der Waals surface area contributed by atoms with E-state index in [9.17, 15) is 4.79 Å². The van der Waals surface area contributed by atoms with E-state index in [0.717, 1.165) is 10.0 Å². The fraction of sp³-hybridized carbons (Fsp3) is 0.364. The highest BCUT2D eigenvalue weighted by Crippen LogP contribution is 2.12. The number of carbonyl (C=O) groups is 1. The highest BCUT2D eigenvalue weighted by atomic mass is 35.5. The van der Waals surface area contributed by atoms with Crippen molar-refractivity contribution in [1.82, 2.24) is 0 Å². The summed E-state index contributed by atoms with van der Waals surface area (Å²) in [5.41, 5.74) is 0. The average Bonchev–Trinajstić information content (AvgIpc) is 2.22. The molecule has 0 aliphatic heterocycles. The highest BCUT2D eigenvalue weighted by Gasteiger charge is 1.86. The summed E-state index contributed by atoms with van der Waals surface area (Å²) in [5, 5.41) is 1.43. The summed E-state index contributed by atoms with van der Waals surface area (Å²) in [6.07, 6.45) is 1.38. The third-order valence-corrected chi connectivity index (χ3v) is 2.10. The summed E-state index contributed by atoms with van der Waals surface area (Å²) in [7, 11) is 0. The van der Waals surface area contributed by atoms with E-state index in [1.165, 1.54) is 0 Å². The summed E-state index contributed by atoms with van der Waals surface area (Å²) in [6, 6.07) is 7.02. The normalized spacial score (nSPS) is 8.86. The molecular formula is C11H14Cl2O. The Bertz CT molecular complexity index is 240. The van der Waals surface area contributed by atoms with Crippen molar-refractivity contribution in [2.45, 2.75) is 26.7 Å². The number of hydrogen-bond acceptors (Lipinski definition) is 1. The Balaban J connectivity index is 0.000000255. The van der Waals surface area contributed by atoms with E-state index in [2.05, 4.69) is 0 Å². The van der Waals surface area contributed by atoms with E-state index >= 15 is 0 Å². The van der Waals surface area contributed by atoms with Gasteiger partial charge in [-0.2, -0.15) is 0 Å². The van der Waals surface area contributed by atoms with Crippen LogP contribution in [0.3, 0.4) is 0 Å². The smallest absolute Gasteiger partial charge is 0.132 e. The molecule has 0 aromatic heterocycles. The molecule has 0 N–H and O–H groups in total. The number of rotatable bonds is 2. The van der Waals surface area contributed by atoms with Gasteiger partial charge in [0.2, 0.25) is 0 Å². The Hall–Kier alpha value is -0.530. The second kappa shape index (κ2) is 7.84. The number of Topliss-reactive ketones (excluding diaryl/α,β-unsaturated/α-hetero) is 1. The first kappa shape index (κ1) is 13.5. The molecule has 0 unspecified atom stereocenters. The van der Waals surface area contributed by atoms with E-state index < -0.39 is 0 Å². The quantitative estimate of drug-likeness (QED) is 0.741. The molecule has 0 atom stereocenters. The molecular weight excluding hydrogens is 219 g/mol. The minimum Gasteiger partial charge on any atom is -0.300 e. The van der Waals surface area contributed by atoms with Gasteiger partial charge < -0.3 is 0 Å². The molecule has 1 aromatic rings. The minimum absolute atomic E-state index is 0.343. The number of ketones is 1. The maximum Gasteiger partial charge on any atom is 0.132 e. The molecule has 0 aliphatic carbocycles. The van der Waals surface area contributed by atoms with Crippen LogP contribution in [0.1, 0.15) is 26.7 Å². The average molecular weight is 233 g/mol. The Labute approximate surface area is 95.0 Å². The molecule has 0 saturated carbocycles. The summed E-state index contributed by atoms with van der Waals surface area (Å²) in [5.74, 6) is 0.343. The van der Waals surface area contributed by atoms with Crippen LogP contribution in [0, 0.1) is 0 Å². The summed E-state index contributed by atoms with van der Waals surface area (Å²) < 4.78 is 0. The highest BCUT2D eigenvalue weighted by molar-refractivity contribution is 6.32. The monoisotopic (exact) mass is 232 g/mol. The molecule has 14 heavy (non-hydrogen) atoms. The lowest BCUT2D eigenvalue weighted by atomic mass is 10.3. The molecule has 1 rings (SSSR count). The lowest BCUT2D eigenvalue weighted by Crippen LogP contribution is -1.88. The van der Waals surface area contributed by atoms with Crippen LogP contribution in [0.2, 0.25) is 10.0 Å². The van der Waals surface area contributed by atoms with Gasteiger partial charge in [-0.15, -0.1) is 0 Å². The summed E-state index contributed by atoms with van der Waals surface area (Å²) in [4.78, 5) is 10.2. The van der Waals surface area contributed by atoms with Crippen LogP contribution in [0.5, 0.6) is 0 Å². The minimum atomic E-state index is 0.343. The first-order valence-electron chi connectivity index (χ1n) is 4.52. The van der Waals surface area contributed by atoms with Gasteiger partial charge in [0.25, 0.3) is 0 Å². The zero-order valence-electron chi connectivity index (χ0n) is 8.39. The molecule has 0 heterocycles. The molecule has 1 aromatic carbocycles. The molecule has 0 radical (unpaired) electrons. The zero-order chi connectivity index (χ0) is 11.0. The Morgan fingerprint density at radius 2 is 1.29 bits per heavy atom. The van der Waals surface area contributed by atoms with Crippen molar-refractivity contribution in [1.29, 1.82) is 0 Å². The predicted octanol–water partition coefficient (Wildman–Crippen LogP) is 4.37. The van der Waals surface area contributed by atoms with Gasteiger partial charge in [0.1, 0.15) is 5.78 Å². The fourth-order valence-corrected chi connectivity index (χ4v) is 0.932. The maximum atomic E-state index is 10.2. The van der Waals surface area contributed by atoms with Crippen molar-refractivity contribution in [2.24, 2.45) is 0 Å². The van der Waals surface area contributed by atoms with Crippen LogP contribution in [-0.4, -0.2) is 5.78 Å². The van der Waals surface area contributed by atoms with Crippen LogP contribution in [-0.2, 0) is 4.79 Å². The third kappa shape index (κ3) is 6.93. The second-order valence-electron chi connectivity index (χ2n) is 2.68. The lowest BCUT2D eigenvalue weighted by Gasteiger charge is -1.86. The lowest BCUT2D eigenvalue weighted by molar-refractivity contribution is -0.118. The van der Waals surface area contributed by atoms with E-state index in [-0.39, 0.29) is 0 Å². The van der Waals surface area contributed by atoms with Gasteiger partial charge in [-0.3, -0.25) is 4.79 Å². The standard InChI is InChI=1S/C6H4Cl2.C5H10O/c7-5-1-2-6(8)4-3-5;1-3-5(6)4-2/h1-4H;3-4H2,1-2H3. The van der Waals surface area contributed by atoms with Crippen LogP contribution < -0.4 is 0 Å². The molecule has 0 saturated heterocycles. The third-order valence-electron chi connectivity index (χ3n) is 1.59. The van der Waals surface area contributed by atoms with Gasteiger partial charge >= 0.3 is 0 Å². The topological polar surface area (TPSA) is 17.1 Å². The van der Waals surface area contributed by atoms with Gasteiger partial charge in [-0.1, -0.05) is 37.0 Å². The molecule has 0 spiro atoms. The zero-order valence-corrected chi connectivity index (χ0v) is 9.90. The SMILES string of the molecule is CCC(=O)CC.Clc1ccc(Cl)cc1. The van der Waals surface area contributed by atoms with Gasteiger partial charge in [0.05, 0.1) is 0 Å². The summed E-state index contributed by atoms with van der Waals surface area (Å²) >= 11 is 11.1. The van der Waals surface area contributed by atoms with Gasteiger partial charge in [-0.25, -0.2) is 0 Å². The number of carbonyl (C=O) groups excluding carboxylic acids is 1. The molecule has 0 amide bonds. The first-order chi connectivity index (χ1) is 6.60. The fourth-order valence-electron chi connectivity index (χ4n) is 0.680. The van der Waals surface area contributed by atoms with E-state index in [4.69, 9.17) is 23.2 Å². The molecule has 78 valence electrons. The van der Waals surface area contributed by atoms with Crippen molar-refractivity contribution in [2.75, 3.05) is 0 Å². The van der Waals surface area contributed by atoms with Gasteiger partial charge in [-0.05, 0) is 24.3 Å². The van der Waals surface area contributed by atoms with Gasteiger partial charge in [0, 0.05) is 22.9 Å². The van der Waals surface area contributed by atoms with Crippen molar-refractivity contribution < 1.29 is 4.79 Å². The van der Waals surface area contributed by atoms with Crippen LogP contribution in [0.15, 0.2) is 24.3 Å². The predicted molar refractivity (Wildman–Crippen MR) is 62.1 cm³/mol. The molecule has 0 fully saturated rings. The van der Waals surface area contributed by atoms with Crippen LogP contribution >= 0.6 is 23.2 Å². The van der Waals surface area contributed by atoms with E-state index in [0.29, 0.717) is 18.6 Å². The van der Waals surface area contributed by atoms with E-state index in [1.54, 1.807) is 24.3 Å². The molecule has 0 bridgehead atoms. The molecule has 1 nitrogen and oxygen atoms in total. The Morgan fingerprint density at radius 1 is 1.00 bits per heavy atom.